The number of nitriles is 2. The number of sulfone groups is 1. The number of aromatic nitrogens is 2. The molecule has 0 spiro atoms. The Morgan fingerprint density at radius 1 is 0.897 bits per heavy atom. The summed E-state index contributed by atoms with van der Waals surface area (Å²) in [5.41, 5.74) is 4.82. The van der Waals surface area contributed by atoms with E-state index in [1.807, 2.05) is 44.2 Å². The number of carbonyl (C=O) groups is 1. The summed E-state index contributed by atoms with van der Waals surface area (Å²) in [6.07, 6.45) is 1.26. The molecule has 9 nitrogen and oxygen atoms in total. The summed E-state index contributed by atoms with van der Waals surface area (Å²) < 4.78 is 32.3. The molecule has 1 N–H and O–H groups in total. The van der Waals surface area contributed by atoms with Gasteiger partial charge in [0, 0.05) is 18.0 Å². The van der Waals surface area contributed by atoms with Crippen molar-refractivity contribution < 1.29 is 17.9 Å². The van der Waals surface area contributed by atoms with E-state index in [0.29, 0.717) is 22.6 Å². The number of anilines is 1. The highest BCUT2D eigenvalue weighted by Gasteiger charge is 2.33. The predicted molar refractivity (Wildman–Crippen MR) is 145 cm³/mol. The van der Waals surface area contributed by atoms with E-state index >= 15 is 0 Å². The van der Waals surface area contributed by atoms with Gasteiger partial charge in [-0.1, -0.05) is 12.1 Å². The first-order chi connectivity index (χ1) is 18.6. The van der Waals surface area contributed by atoms with Gasteiger partial charge in [0.15, 0.2) is 0 Å². The molecule has 10 heteroatoms. The first kappa shape index (κ1) is 27.0. The van der Waals surface area contributed by atoms with Gasteiger partial charge in [-0.15, -0.1) is 0 Å². The largest absolute Gasteiger partial charge is 0.438 e. The first-order valence-corrected chi connectivity index (χ1v) is 13.3. The molecule has 0 bridgehead atoms. The number of aryl methyl sites for hydroxylation is 2. The Hall–Kier alpha value is -5.06. The van der Waals surface area contributed by atoms with E-state index in [4.69, 9.17) is 15.3 Å². The number of nitrogens with zero attached hydrogens (tertiary/aromatic N) is 4. The Balaban J connectivity index is 1.54. The number of carbonyl (C=O) groups excluding carboxylic acids is 1. The molecular formula is C29H23N5O4S. The van der Waals surface area contributed by atoms with Gasteiger partial charge in [-0.2, -0.15) is 15.5 Å². The quantitative estimate of drug-likeness (QED) is 0.321. The minimum atomic E-state index is -4.24. The van der Waals surface area contributed by atoms with Gasteiger partial charge in [-0.3, -0.25) is 4.79 Å². The maximum Gasteiger partial charge on any atom is 0.251 e. The molecule has 0 fully saturated rings. The van der Waals surface area contributed by atoms with Crippen molar-refractivity contribution in [2.24, 2.45) is 0 Å². The van der Waals surface area contributed by atoms with Crippen LogP contribution in [-0.2, 0) is 14.6 Å². The van der Waals surface area contributed by atoms with Crippen LogP contribution in [0.5, 0.6) is 11.6 Å². The Morgan fingerprint density at radius 2 is 1.46 bits per heavy atom. The van der Waals surface area contributed by atoms with E-state index < -0.39 is 26.2 Å². The van der Waals surface area contributed by atoms with Crippen LogP contribution in [0.3, 0.4) is 0 Å². The molecule has 1 atom stereocenters. The van der Waals surface area contributed by atoms with E-state index in [1.54, 1.807) is 12.1 Å². The van der Waals surface area contributed by atoms with Crippen molar-refractivity contribution in [3.05, 3.63) is 95.2 Å². The number of ether oxygens (including phenoxy) is 1. The van der Waals surface area contributed by atoms with Gasteiger partial charge in [-0.05, 0) is 91.6 Å². The lowest BCUT2D eigenvalue weighted by Crippen LogP contribution is -2.33. The average molecular weight is 538 g/mol. The molecule has 0 radical (unpaired) electrons. The molecule has 3 aromatic carbocycles. The van der Waals surface area contributed by atoms with Crippen LogP contribution in [-0.4, -0.2) is 29.5 Å². The van der Waals surface area contributed by atoms with Crippen molar-refractivity contribution in [3.63, 3.8) is 0 Å². The molecule has 1 aromatic heterocycles. The Labute approximate surface area is 226 Å². The lowest BCUT2D eigenvalue weighted by atomic mass is 9.99. The number of hydrogen-bond acceptors (Lipinski definition) is 8. The van der Waals surface area contributed by atoms with E-state index in [2.05, 4.69) is 21.4 Å². The average Bonchev–Trinajstić information content (AvgIpc) is 2.95. The van der Waals surface area contributed by atoms with Gasteiger partial charge in [0.25, 0.3) is 5.16 Å². The molecule has 0 saturated heterocycles. The minimum Gasteiger partial charge on any atom is -0.438 e. The third kappa shape index (κ3) is 5.93. The summed E-state index contributed by atoms with van der Waals surface area (Å²) in [4.78, 5) is 20.6. The van der Waals surface area contributed by atoms with E-state index in [-0.39, 0.29) is 5.88 Å². The molecule has 4 rings (SSSR count). The van der Waals surface area contributed by atoms with Crippen LogP contribution in [0.1, 0.15) is 29.2 Å². The lowest BCUT2D eigenvalue weighted by Gasteiger charge is -2.15. The van der Waals surface area contributed by atoms with Crippen LogP contribution in [0.4, 0.5) is 5.69 Å². The fourth-order valence-corrected chi connectivity index (χ4v) is 4.89. The molecule has 0 saturated carbocycles. The predicted octanol–water partition coefficient (Wildman–Crippen LogP) is 5.10. The zero-order chi connectivity index (χ0) is 28.2. The molecule has 0 aliphatic carbocycles. The molecule has 4 aromatic rings. The van der Waals surface area contributed by atoms with Crippen LogP contribution in [0.15, 0.2) is 78.1 Å². The molecule has 1 amide bonds. The van der Waals surface area contributed by atoms with Gasteiger partial charge >= 0.3 is 0 Å². The van der Waals surface area contributed by atoms with Crippen molar-refractivity contribution in [3.8, 4) is 34.9 Å². The maximum atomic E-state index is 13.1. The smallest absolute Gasteiger partial charge is 0.251 e. The minimum absolute atomic E-state index is 0.0144. The molecule has 1 heterocycles. The maximum absolute atomic E-state index is 13.1. The molecule has 194 valence electrons. The van der Waals surface area contributed by atoms with E-state index in [0.717, 1.165) is 22.3 Å². The second-order valence-corrected chi connectivity index (χ2v) is 10.9. The Bertz CT molecular complexity index is 1710. The van der Waals surface area contributed by atoms with E-state index in [1.165, 1.54) is 43.5 Å². The van der Waals surface area contributed by atoms with Crippen LogP contribution in [0.25, 0.3) is 11.1 Å². The van der Waals surface area contributed by atoms with Crippen LogP contribution < -0.4 is 10.1 Å². The highest BCUT2D eigenvalue weighted by Crippen LogP contribution is 2.33. The molecule has 0 aliphatic rings. The number of benzene rings is 3. The lowest BCUT2D eigenvalue weighted by molar-refractivity contribution is -0.115. The normalized spacial score (nSPS) is 11.6. The van der Waals surface area contributed by atoms with Gasteiger partial charge < -0.3 is 10.1 Å². The highest BCUT2D eigenvalue weighted by molar-refractivity contribution is 7.92. The fraction of sp³-hybridized carbons (Fsp3) is 0.138. The molecular weight excluding hydrogens is 514 g/mol. The number of amides is 1. The van der Waals surface area contributed by atoms with Crippen molar-refractivity contribution in [2.75, 3.05) is 5.32 Å². The van der Waals surface area contributed by atoms with Crippen LogP contribution in [0.2, 0.25) is 0 Å². The standard InChI is InChI=1S/C29H23N5O4S/c1-18-14-24(23-8-4-21(16-30)5-9-23)15-19(2)27(18)38-26-12-13-32-29(34-26)39(36,37)20(3)28(35)33-25-10-6-22(17-31)7-11-25/h4-15,20H,1-3H3,(H,33,35). The Morgan fingerprint density at radius 3 is 2.03 bits per heavy atom. The topological polar surface area (TPSA) is 146 Å². The van der Waals surface area contributed by atoms with Crippen molar-refractivity contribution in [1.82, 2.24) is 9.97 Å². The third-order valence-corrected chi connectivity index (χ3v) is 7.84. The third-order valence-electron chi connectivity index (χ3n) is 5.99. The summed E-state index contributed by atoms with van der Waals surface area (Å²) in [6.45, 7) is 4.98. The van der Waals surface area contributed by atoms with Gasteiger partial charge in [-0.25, -0.2) is 13.4 Å². The highest BCUT2D eigenvalue weighted by atomic mass is 32.2. The van der Waals surface area contributed by atoms with Crippen molar-refractivity contribution >= 4 is 21.4 Å². The van der Waals surface area contributed by atoms with Crippen molar-refractivity contribution in [2.45, 2.75) is 31.2 Å². The van der Waals surface area contributed by atoms with Crippen LogP contribution >= 0.6 is 0 Å². The van der Waals surface area contributed by atoms with E-state index in [9.17, 15) is 13.2 Å². The second kappa shape index (κ2) is 11.1. The number of nitrogens with one attached hydrogen (secondary N) is 1. The Kier molecular flexibility index (Phi) is 7.70. The second-order valence-electron chi connectivity index (χ2n) is 8.77. The summed E-state index contributed by atoms with van der Waals surface area (Å²) >= 11 is 0. The number of rotatable bonds is 7. The zero-order valence-electron chi connectivity index (χ0n) is 21.3. The molecule has 0 aliphatic heterocycles. The first-order valence-electron chi connectivity index (χ1n) is 11.8. The molecule has 1 unspecified atom stereocenters. The van der Waals surface area contributed by atoms with Gasteiger partial charge in [0.1, 0.15) is 11.0 Å². The summed E-state index contributed by atoms with van der Waals surface area (Å²) in [7, 11) is -4.24. The number of hydrogen-bond donors (Lipinski definition) is 1. The zero-order valence-corrected chi connectivity index (χ0v) is 22.2. The van der Waals surface area contributed by atoms with Gasteiger partial charge in [0.2, 0.25) is 21.6 Å². The fourth-order valence-electron chi connectivity index (χ4n) is 3.81. The van der Waals surface area contributed by atoms with Crippen molar-refractivity contribution in [1.29, 1.82) is 10.5 Å². The summed E-state index contributed by atoms with van der Waals surface area (Å²) in [6, 6.07) is 22.7. The SMILES string of the molecule is Cc1cc(-c2ccc(C#N)cc2)cc(C)c1Oc1ccnc(S(=O)(=O)C(C)C(=O)Nc2ccc(C#N)cc2)n1. The van der Waals surface area contributed by atoms with Gasteiger partial charge in [0.05, 0.1) is 23.3 Å². The monoisotopic (exact) mass is 537 g/mol. The molecule has 39 heavy (non-hydrogen) atoms. The summed E-state index contributed by atoms with van der Waals surface area (Å²) in [5, 5.41) is 18.4. The summed E-state index contributed by atoms with van der Waals surface area (Å²) in [5.74, 6) is -0.235. The van der Waals surface area contributed by atoms with Crippen LogP contribution in [0, 0.1) is 36.5 Å².